The summed E-state index contributed by atoms with van der Waals surface area (Å²) in [6, 6.07) is 8.03. The Balaban J connectivity index is 2.00. The van der Waals surface area contributed by atoms with E-state index in [1.807, 2.05) is 6.07 Å². The molecule has 0 aliphatic heterocycles. The first-order valence-electron chi connectivity index (χ1n) is 5.44. The van der Waals surface area contributed by atoms with Crippen LogP contribution in [0.15, 0.2) is 47.2 Å². The maximum atomic E-state index is 13.4. The normalized spacial score (nSPS) is 12.2. The van der Waals surface area contributed by atoms with Crippen LogP contribution < -0.4 is 5.32 Å². The van der Waals surface area contributed by atoms with E-state index in [9.17, 15) is 9.50 Å². The number of aliphatic hydroxyl groups excluding tert-OH is 1. The summed E-state index contributed by atoms with van der Waals surface area (Å²) in [6.07, 6.45) is 2.40. The van der Waals surface area contributed by atoms with Gasteiger partial charge in [-0.05, 0) is 28.1 Å². The molecule has 18 heavy (non-hydrogen) atoms. The zero-order valence-corrected chi connectivity index (χ0v) is 11.1. The number of aliphatic hydroxyl groups is 1. The largest absolute Gasteiger partial charge is 0.386 e. The zero-order chi connectivity index (χ0) is 13.0. The predicted octanol–water partition coefficient (Wildman–Crippen LogP) is 3.13. The molecule has 0 aliphatic rings. The van der Waals surface area contributed by atoms with Crippen molar-refractivity contribution in [2.45, 2.75) is 6.10 Å². The highest BCUT2D eigenvalue weighted by atomic mass is 79.9. The van der Waals surface area contributed by atoms with Gasteiger partial charge in [-0.1, -0.05) is 18.2 Å². The van der Waals surface area contributed by atoms with E-state index in [4.69, 9.17) is 0 Å². The minimum Gasteiger partial charge on any atom is -0.386 e. The quantitative estimate of drug-likeness (QED) is 0.912. The number of hydrogen-bond acceptors (Lipinski definition) is 3. The minimum atomic E-state index is -0.898. The summed E-state index contributed by atoms with van der Waals surface area (Å²) in [4.78, 5) is 3.99. The van der Waals surface area contributed by atoms with Gasteiger partial charge in [0.1, 0.15) is 5.82 Å². The highest BCUT2D eigenvalue weighted by Gasteiger charge is 2.11. The van der Waals surface area contributed by atoms with E-state index in [2.05, 4.69) is 26.2 Å². The van der Waals surface area contributed by atoms with Gasteiger partial charge in [0.2, 0.25) is 0 Å². The molecule has 2 N–H and O–H groups in total. The molecule has 0 amide bonds. The fourth-order valence-electron chi connectivity index (χ4n) is 1.58. The van der Waals surface area contributed by atoms with Crippen LogP contribution in [0.3, 0.4) is 0 Å². The number of nitrogens with one attached hydrogen (secondary N) is 1. The van der Waals surface area contributed by atoms with Crippen LogP contribution in [0.5, 0.6) is 0 Å². The third-order valence-electron chi connectivity index (χ3n) is 2.47. The second-order valence-electron chi connectivity index (χ2n) is 3.81. The molecule has 5 heteroatoms. The molecule has 1 unspecified atom stereocenters. The number of anilines is 1. The van der Waals surface area contributed by atoms with Gasteiger partial charge in [-0.2, -0.15) is 0 Å². The average molecular weight is 311 g/mol. The number of aromatic nitrogens is 1. The first-order valence-corrected chi connectivity index (χ1v) is 6.23. The van der Waals surface area contributed by atoms with Crippen LogP contribution >= 0.6 is 15.9 Å². The molecule has 94 valence electrons. The molecule has 1 atom stereocenters. The smallest absolute Gasteiger partial charge is 0.129 e. The third kappa shape index (κ3) is 3.27. The standard InChI is InChI=1S/C13H12BrFN2O/c14-9-5-10(7-16-6-9)17-8-13(18)11-3-1-2-4-12(11)15/h1-7,13,17-18H,8H2. The van der Waals surface area contributed by atoms with Gasteiger partial charge in [-0.3, -0.25) is 4.98 Å². The van der Waals surface area contributed by atoms with Crippen LogP contribution in [0.1, 0.15) is 11.7 Å². The van der Waals surface area contributed by atoms with Crippen LogP contribution in [0.25, 0.3) is 0 Å². The second-order valence-corrected chi connectivity index (χ2v) is 4.73. The molecule has 0 bridgehead atoms. The first-order chi connectivity index (χ1) is 8.66. The summed E-state index contributed by atoms with van der Waals surface area (Å²) in [5.74, 6) is -0.404. The average Bonchev–Trinajstić information content (AvgIpc) is 2.37. The number of hydrogen-bond donors (Lipinski definition) is 2. The highest BCUT2D eigenvalue weighted by Crippen LogP contribution is 2.18. The topological polar surface area (TPSA) is 45.1 Å². The van der Waals surface area contributed by atoms with Crippen molar-refractivity contribution in [1.82, 2.24) is 4.98 Å². The first kappa shape index (κ1) is 13.0. The monoisotopic (exact) mass is 310 g/mol. The van der Waals surface area contributed by atoms with Gasteiger partial charge < -0.3 is 10.4 Å². The SMILES string of the molecule is OC(CNc1cncc(Br)c1)c1ccccc1F. The molecule has 0 saturated carbocycles. The van der Waals surface area contributed by atoms with Gasteiger partial charge in [0, 0.05) is 22.8 Å². The minimum absolute atomic E-state index is 0.221. The Morgan fingerprint density at radius 1 is 1.33 bits per heavy atom. The number of nitrogens with zero attached hydrogens (tertiary/aromatic N) is 1. The maximum absolute atomic E-state index is 13.4. The van der Waals surface area contributed by atoms with E-state index < -0.39 is 11.9 Å². The van der Waals surface area contributed by atoms with Gasteiger partial charge in [-0.15, -0.1) is 0 Å². The molecule has 0 spiro atoms. The Labute approximate surface area is 113 Å². The van der Waals surface area contributed by atoms with Crippen molar-refractivity contribution in [3.05, 3.63) is 58.6 Å². The van der Waals surface area contributed by atoms with Gasteiger partial charge in [0.15, 0.2) is 0 Å². The lowest BCUT2D eigenvalue weighted by Crippen LogP contribution is -2.13. The Hall–Kier alpha value is -1.46. The Kier molecular flexibility index (Phi) is 4.28. The molecule has 2 rings (SSSR count). The van der Waals surface area contributed by atoms with Crippen molar-refractivity contribution in [1.29, 1.82) is 0 Å². The predicted molar refractivity (Wildman–Crippen MR) is 71.8 cm³/mol. The lowest BCUT2D eigenvalue weighted by atomic mass is 10.1. The van der Waals surface area contributed by atoms with Crippen molar-refractivity contribution in [2.24, 2.45) is 0 Å². The molecule has 0 radical (unpaired) electrons. The van der Waals surface area contributed by atoms with Gasteiger partial charge in [0.05, 0.1) is 18.0 Å². The summed E-state index contributed by atoms with van der Waals surface area (Å²) in [5.41, 5.74) is 1.05. The van der Waals surface area contributed by atoms with E-state index in [0.717, 1.165) is 10.2 Å². The van der Waals surface area contributed by atoms with Crippen molar-refractivity contribution >= 4 is 21.6 Å². The summed E-state index contributed by atoms with van der Waals surface area (Å²) in [7, 11) is 0. The summed E-state index contributed by atoms with van der Waals surface area (Å²) >= 11 is 3.30. The maximum Gasteiger partial charge on any atom is 0.129 e. The van der Waals surface area contributed by atoms with E-state index >= 15 is 0 Å². The molecule has 2 aromatic rings. The Morgan fingerprint density at radius 2 is 2.11 bits per heavy atom. The second kappa shape index (κ2) is 5.93. The number of benzene rings is 1. The van der Waals surface area contributed by atoms with E-state index in [1.54, 1.807) is 30.6 Å². The molecule has 0 saturated heterocycles. The molecule has 3 nitrogen and oxygen atoms in total. The summed E-state index contributed by atoms with van der Waals surface area (Å²) in [6.45, 7) is 0.221. The van der Waals surface area contributed by atoms with Crippen LogP contribution in [-0.2, 0) is 0 Å². The zero-order valence-electron chi connectivity index (χ0n) is 9.48. The molecule has 1 heterocycles. The Morgan fingerprint density at radius 3 is 2.83 bits per heavy atom. The number of halogens is 2. The van der Waals surface area contributed by atoms with Crippen molar-refractivity contribution in [2.75, 3.05) is 11.9 Å². The summed E-state index contributed by atoms with van der Waals surface area (Å²) < 4.78 is 14.3. The van der Waals surface area contributed by atoms with Crippen LogP contribution in [0, 0.1) is 5.82 Å². The van der Waals surface area contributed by atoms with Crippen LogP contribution in [0.2, 0.25) is 0 Å². The fourth-order valence-corrected chi connectivity index (χ4v) is 1.94. The van der Waals surface area contributed by atoms with Gasteiger partial charge in [0.25, 0.3) is 0 Å². The molecule has 1 aromatic heterocycles. The van der Waals surface area contributed by atoms with E-state index in [-0.39, 0.29) is 12.1 Å². The molecule has 0 aliphatic carbocycles. The van der Waals surface area contributed by atoms with Gasteiger partial charge >= 0.3 is 0 Å². The molecular weight excluding hydrogens is 299 g/mol. The number of pyridine rings is 1. The van der Waals surface area contributed by atoms with Crippen molar-refractivity contribution in [3.8, 4) is 0 Å². The number of rotatable bonds is 4. The molecular formula is C13H12BrFN2O. The van der Waals surface area contributed by atoms with Crippen LogP contribution in [0.4, 0.5) is 10.1 Å². The van der Waals surface area contributed by atoms with Crippen molar-refractivity contribution < 1.29 is 9.50 Å². The fraction of sp³-hybridized carbons (Fsp3) is 0.154. The third-order valence-corrected chi connectivity index (χ3v) is 2.90. The van der Waals surface area contributed by atoms with E-state index in [1.165, 1.54) is 6.07 Å². The lowest BCUT2D eigenvalue weighted by molar-refractivity contribution is 0.186. The molecule has 1 aromatic carbocycles. The Bertz CT molecular complexity index is 536. The van der Waals surface area contributed by atoms with E-state index in [0.29, 0.717) is 0 Å². The summed E-state index contributed by atoms with van der Waals surface area (Å²) in [5, 5.41) is 12.9. The lowest BCUT2D eigenvalue weighted by Gasteiger charge is -2.13. The van der Waals surface area contributed by atoms with Gasteiger partial charge in [-0.25, -0.2) is 4.39 Å². The highest BCUT2D eigenvalue weighted by molar-refractivity contribution is 9.10. The molecule has 0 fully saturated rings. The van der Waals surface area contributed by atoms with Crippen LogP contribution in [-0.4, -0.2) is 16.6 Å². The van der Waals surface area contributed by atoms with Crippen molar-refractivity contribution in [3.63, 3.8) is 0 Å².